The third-order valence-corrected chi connectivity index (χ3v) is 11.1. The van der Waals surface area contributed by atoms with Gasteiger partial charge in [-0.05, 0) is 48.7 Å². The topological polar surface area (TPSA) is 275 Å². The molecule has 0 saturated carbocycles. The Labute approximate surface area is 340 Å². The number of halogens is 3. The van der Waals surface area contributed by atoms with E-state index in [1.54, 1.807) is 60.7 Å². The molecule has 4 rings (SSSR count). The molecule has 316 valence electrons. The summed E-state index contributed by atoms with van der Waals surface area (Å²) in [4.78, 5) is 80.1. The molecule has 4 aromatic rings. The normalized spacial score (nSPS) is 11.6. The van der Waals surface area contributed by atoms with E-state index >= 15 is 0 Å². The fourth-order valence-electron chi connectivity index (χ4n) is 4.33. The lowest BCUT2D eigenvalue weighted by Gasteiger charge is -2.19. The smallest absolute Gasteiger partial charge is 0.314 e. The molecule has 0 spiro atoms. The highest BCUT2D eigenvalue weighted by molar-refractivity contribution is 8.76. The minimum atomic E-state index is -4.52. The number of thiazole rings is 1. The number of aryl methyl sites for hydroxylation is 1. The number of benzene rings is 2. The zero-order chi connectivity index (χ0) is 43.3. The third kappa shape index (κ3) is 18.5. The SMILES string of the molecule is CCC(O[N+](=O)[O-])c1ccccc1SSc1ccccc1C(CO[N+](=O)[O-])O[N+](=O)[O-].Cc1ccc(CCO[N+](=O)[O-])s1.O=[N+]([O-])OCCc1scnc1C(F)(F)F. The molecule has 2 heterocycles. The van der Waals surface area contributed by atoms with Gasteiger partial charge in [-0.2, -0.15) is 13.2 Å². The molecule has 0 bridgehead atoms. The van der Waals surface area contributed by atoms with E-state index in [0.29, 0.717) is 33.8 Å². The summed E-state index contributed by atoms with van der Waals surface area (Å²) < 4.78 is 36.7. The van der Waals surface area contributed by atoms with E-state index in [1.165, 1.54) is 32.5 Å². The molecule has 0 amide bonds. The molecule has 0 fully saturated rings. The number of rotatable bonds is 21. The van der Waals surface area contributed by atoms with E-state index in [1.807, 2.05) is 19.1 Å². The van der Waals surface area contributed by atoms with Crippen LogP contribution in [-0.2, 0) is 43.2 Å². The number of thiophene rings is 1. The number of hydrogen-bond acceptors (Lipinski definition) is 20. The van der Waals surface area contributed by atoms with Crippen LogP contribution in [0.4, 0.5) is 13.2 Å². The minimum absolute atomic E-state index is 0.0654. The number of hydrogen-bond donors (Lipinski definition) is 0. The predicted octanol–water partition coefficient (Wildman–Crippen LogP) is 8.32. The van der Waals surface area contributed by atoms with E-state index in [-0.39, 0.29) is 17.9 Å². The van der Waals surface area contributed by atoms with Crippen molar-refractivity contribution >= 4 is 44.3 Å². The molecule has 0 radical (unpaired) electrons. The summed E-state index contributed by atoms with van der Waals surface area (Å²) in [5, 5.41) is 46.9. The maximum Gasteiger partial charge on any atom is 0.434 e. The lowest BCUT2D eigenvalue weighted by molar-refractivity contribution is -0.792. The van der Waals surface area contributed by atoms with Crippen LogP contribution in [0.25, 0.3) is 0 Å². The predicted molar refractivity (Wildman–Crippen MR) is 199 cm³/mol. The van der Waals surface area contributed by atoms with Crippen molar-refractivity contribution in [1.29, 1.82) is 0 Å². The Balaban J connectivity index is 0.000000353. The van der Waals surface area contributed by atoms with Crippen molar-refractivity contribution < 1.29 is 62.8 Å². The molecule has 28 heteroatoms. The molecule has 0 N–H and O–H groups in total. The first-order chi connectivity index (χ1) is 27.4. The molecule has 2 atom stereocenters. The van der Waals surface area contributed by atoms with Crippen LogP contribution in [0.15, 0.2) is 76.0 Å². The van der Waals surface area contributed by atoms with Gasteiger partial charge in [0, 0.05) is 37.3 Å². The summed E-state index contributed by atoms with van der Waals surface area (Å²) in [6.07, 6.45) is -5.80. The standard InChI is InChI=1S/C17H17N3O9S2.C7H9NO3S.C6H5F3N2O3S/c1-2-14(28-19(23)24)12-7-3-5-9-16(12)30-31-17-10-6-4-8-13(17)15(29-20(25)26)11-27-18(21)22;1-6-2-3-7(12-6)4-5-11-8(9)10;7-6(8,9)5-4(15-3-10-5)1-2-14-11(12)13/h3-10,14-15H,2,11H2,1H3;2-3H,4-5H2,1H3;3H,1-2H2. The molecular weight excluding hydrogens is 870 g/mol. The van der Waals surface area contributed by atoms with Crippen LogP contribution in [0.1, 0.15) is 57.0 Å². The Bertz CT molecular complexity index is 1960. The first kappa shape index (κ1) is 48.4. The highest BCUT2D eigenvalue weighted by Gasteiger charge is 2.36. The molecule has 2 unspecified atom stereocenters. The van der Waals surface area contributed by atoms with Crippen LogP contribution in [0.5, 0.6) is 0 Å². The van der Waals surface area contributed by atoms with Crippen LogP contribution in [0.2, 0.25) is 0 Å². The lowest BCUT2D eigenvalue weighted by Crippen LogP contribution is -2.18. The van der Waals surface area contributed by atoms with Crippen molar-refractivity contribution in [1.82, 2.24) is 4.98 Å². The van der Waals surface area contributed by atoms with Crippen LogP contribution in [-0.4, -0.2) is 50.2 Å². The van der Waals surface area contributed by atoms with Crippen LogP contribution in [0, 0.1) is 57.5 Å². The molecule has 58 heavy (non-hydrogen) atoms. The largest absolute Gasteiger partial charge is 0.434 e. The van der Waals surface area contributed by atoms with Gasteiger partial charge in [-0.1, -0.05) is 64.9 Å². The number of nitrogens with zero attached hydrogens (tertiary/aromatic N) is 6. The molecule has 0 aliphatic heterocycles. The Morgan fingerprint density at radius 2 is 1.21 bits per heavy atom. The van der Waals surface area contributed by atoms with E-state index < -0.39 is 62.7 Å². The van der Waals surface area contributed by atoms with Gasteiger partial charge < -0.3 is 24.2 Å². The van der Waals surface area contributed by atoms with Gasteiger partial charge in [0.1, 0.15) is 25.9 Å². The molecule has 0 aliphatic rings. The summed E-state index contributed by atoms with van der Waals surface area (Å²) in [5.74, 6) is 0. The van der Waals surface area contributed by atoms with E-state index in [4.69, 9.17) is 4.84 Å². The monoisotopic (exact) mass is 900 g/mol. The second-order valence-corrected chi connectivity index (χ2v) is 15.1. The van der Waals surface area contributed by atoms with Gasteiger partial charge in [-0.3, -0.25) is 0 Å². The molecular formula is C30H31F3N6O15S4. The third-order valence-electron chi connectivity index (χ3n) is 6.66. The summed E-state index contributed by atoms with van der Waals surface area (Å²) in [6, 6.07) is 17.5. The van der Waals surface area contributed by atoms with Crippen molar-refractivity contribution in [2.24, 2.45) is 0 Å². The molecule has 21 nitrogen and oxygen atoms in total. The maximum absolute atomic E-state index is 12.2. The van der Waals surface area contributed by atoms with Crippen LogP contribution >= 0.6 is 44.3 Å². The summed E-state index contributed by atoms with van der Waals surface area (Å²) in [7, 11) is 2.47. The molecule has 2 aromatic heterocycles. The Hall–Kier alpha value is -5.74. The average molecular weight is 901 g/mol. The van der Waals surface area contributed by atoms with E-state index in [2.05, 4.69) is 24.3 Å². The summed E-state index contributed by atoms with van der Waals surface area (Å²) in [5.41, 5.74) is 0.986. The second kappa shape index (κ2) is 24.8. The van der Waals surface area contributed by atoms with Gasteiger partial charge in [0.2, 0.25) is 0 Å². The van der Waals surface area contributed by atoms with Gasteiger partial charge >= 0.3 is 6.18 Å². The Kier molecular flexibility index (Phi) is 20.7. The van der Waals surface area contributed by atoms with E-state index in [0.717, 1.165) is 21.7 Å². The van der Waals surface area contributed by atoms with Crippen molar-refractivity contribution in [2.45, 2.75) is 61.3 Å². The summed E-state index contributed by atoms with van der Waals surface area (Å²) in [6.45, 7) is 2.84. The zero-order valence-electron chi connectivity index (χ0n) is 29.8. The van der Waals surface area contributed by atoms with Gasteiger partial charge in [0.05, 0.1) is 5.51 Å². The Morgan fingerprint density at radius 1 is 0.707 bits per heavy atom. The fourth-order valence-corrected chi connectivity index (χ4v) is 8.46. The zero-order valence-corrected chi connectivity index (χ0v) is 33.1. The molecule has 0 saturated heterocycles. The molecule has 0 aliphatic carbocycles. The van der Waals surface area contributed by atoms with Crippen molar-refractivity contribution in [2.75, 3.05) is 19.8 Å². The highest BCUT2D eigenvalue weighted by Crippen LogP contribution is 2.44. The first-order valence-corrected chi connectivity index (χ1v) is 19.8. The second-order valence-electron chi connectivity index (χ2n) is 10.6. The van der Waals surface area contributed by atoms with Gasteiger partial charge in [0.15, 0.2) is 11.8 Å². The van der Waals surface area contributed by atoms with Gasteiger partial charge in [-0.15, -0.1) is 73.2 Å². The van der Waals surface area contributed by atoms with Crippen molar-refractivity contribution in [3.63, 3.8) is 0 Å². The lowest BCUT2D eigenvalue weighted by atomic mass is 10.1. The van der Waals surface area contributed by atoms with Gasteiger partial charge in [-0.25, -0.2) is 4.98 Å². The first-order valence-electron chi connectivity index (χ1n) is 15.9. The highest BCUT2D eigenvalue weighted by atomic mass is 33.1. The fraction of sp³-hybridized carbons (Fsp3) is 0.367. The van der Waals surface area contributed by atoms with Crippen LogP contribution in [0.3, 0.4) is 0 Å². The average Bonchev–Trinajstić information content (AvgIpc) is 3.81. The summed E-state index contributed by atoms with van der Waals surface area (Å²) >= 11 is 2.43. The number of alkyl halides is 3. The van der Waals surface area contributed by atoms with Crippen LogP contribution < -0.4 is 0 Å². The minimum Gasteiger partial charge on any atom is -0.314 e. The number of aromatic nitrogens is 1. The van der Waals surface area contributed by atoms with E-state index in [9.17, 15) is 63.7 Å². The van der Waals surface area contributed by atoms with Gasteiger partial charge in [0.25, 0.3) is 25.4 Å². The molecule has 2 aromatic carbocycles. The Morgan fingerprint density at radius 3 is 1.67 bits per heavy atom. The van der Waals surface area contributed by atoms with Crippen molar-refractivity contribution in [3.05, 3.63) is 148 Å². The van der Waals surface area contributed by atoms with Crippen molar-refractivity contribution in [3.8, 4) is 0 Å². The quantitative estimate of drug-likeness (QED) is 0.0431. The maximum atomic E-state index is 12.2.